The lowest BCUT2D eigenvalue weighted by atomic mass is 9.85. The highest BCUT2D eigenvalue weighted by atomic mass is 16.5. The lowest BCUT2D eigenvalue weighted by molar-refractivity contribution is -0.123. The smallest absolute Gasteiger partial charge is 0.220 e. The average molecular weight is 318 g/mol. The third kappa shape index (κ3) is 6.22. The first-order valence-corrected chi connectivity index (χ1v) is 8.74. The Morgan fingerprint density at radius 3 is 2.96 bits per heavy atom. The van der Waals surface area contributed by atoms with Gasteiger partial charge in [-0.15, -0.1) is 0 Å². The highest BCUT2D eigenvalue weighted by Gasteiger charge is 2.22. The fraction of sp³-hybridized carbons (Fsp3) is 0.632. The van der Waals surface area contributed by atoms with Gasteiger partial charge in [0, 0.05) is 6.42 Å². The van der Waals surface area contributed by atoms with Gasteiger partial charge in [0.05, 0.1) is 6.04 Å². The Hall–Kier alpha value is -1.55. The van der Waals surface area contributed by atoms with Crippen LogP contribution < -0.4 is 15.4 Å². The van der Waals surface area contributed by atoms with Crippen LogP contribution in [-0.4, -0.2) is 31.6 Å². The molecule has 0 aliphatic carbocycles. The molecule has 23 heavy (non-hydrogen) atoms. The number of ether oxygens (including phenoxy) is 1. The molecule has 128 valence electrons. The van der Waals surface area contributed by atoms with E-state index in [2.05, 4.69) is 17.6 Å². The Morgan fingerprint density at radius 1 is 1.43 bits per heavy atom. The summed E-state index contributed by atoms with van der Waals surface area (Å²) in [5, 5.41) is 6.47. The van der Waals surface area contributed by atoms with E-state index in [0.29, 0.717) is 24.9 Å². The van der Waals surface area contributed by atoms with Gasteiger partial charge in [0.15, 0.2) is 0 Å². The predicted octanol–water partition coefficient (Wildman–Crippen LogP) is 2.90. The SMILES string of the molecule is Cc1cccc(OCC(C)NC(=O)CC(C)C2CCCNC2)c1. The van der Waals surface area contributed by atoms with E-state index in [4.69, 9.17) is 4.74 Å². The Balaban J connectivity index is 1.69. The largest absolute Gasteiger partial charge is 0.491 e. The fourth-order valence-electron chi connectivity index (χ4n) is 3.13. The number of rotatable bonds is 7. The van der Waals surface area contributed by atoms with E-state index in [0.717, 1.165) is 18.8 Å². The van der Waals surface area contributed by atoms with Crippen molar-refractivity contribution in [3.05, 3.63) is 29.8 Å². The minimum Gasteiger partial charge on any atom is -0.491 e. The predicted molar refractivity (Wildman–Crippen MR) is 93.7 cm³/mol. The summed E-state index contributed by atoms with van der Waals surface area (Å²) in [5.74, 6) is 2.03. The summed E-state index contributed by atoms with van der Waals surface area (Å²) in [6.45, 7) is 8.86. The second-order valence-electron chi connectivity index (χ2n) is 6.88. The first-order valence-electron chi connectivity index (χ1n) is 8.74. The minimum absolute atomic E-state index is 0.0136. The molecule has 1 aromatic rings. The topological polar surface area (TPSA) is 50.4 Å². The number of benzene rings is 1. The van der Waals surface area contributed by atoms with E-state index in [1.54, 1.807) is 0 Å². The van der Waals surface area contributed by atoms with Crippen LogP contribution in [0.1, 0.15) is 38.7 Å². The van der Waals surface area contributed by atoms with Gasteiger partial charge in [-0.3, -0.25) is 4.79 Å². The molecule has 0 radical (unpaired) electrons. The van der Waals surface area contributed by atoms with Gasteiger partial charge in [-0.2, -0.15) is 0 Å². The number of hydrogen-bond acceptors (Lipinski definition) is 3. The molecule has 3 unspecified atom stereocenters. The Kier molecular flexibility index (Phi) is 6.90. The highest BCUT2D eigenvalue weighted by molar-refractivity contribution is 5.76. The Labute approximate surface area is 140 Å². The van der Waals surface area contributed by atoms with Gasteiger partial charge in [0.25, 0.3) is 0 Å². The molecule has 1 amide bonds. The van der Waals surface area contributed by atoms with E-state index in [9.17, 15) is 4.79 Å². The van der Waals surface area contributed by atoms with E-state index in [1.165, 1.54) is 18.4 Å². The number of carbonyl (C=O) groups excluding carboxylic acids is 1. The van der Waals surface area contributed by atoms with Crippen LogP contribution in [0.3, 0.4) is 0 Å². The fourth-order valence-corrected chi connectivity index (χ4v) is 3.13. The maximum Gasteiger partial charge on any atom is 0.220 e. The molecule has 4 heteroatoms. The van der Waals surface area contributed by atoms with E-state index in [-0.39, 0.29) is 11.9 Å². The molecule has 0 spiro atoms. The molecule has 0 bridgehead atoms. The molecule has 4 nitrogen and oxygen atoms in total. The zero-order chi connectivity index (χ0) is 16.7. The zero-order valence-corrected chi connectivity index (χ0v) is 14.6. The number of carbonyl (C=O) groups is 1. The van der Waals surface area contributed by atoms with Crippen molar-refractivity contribution in [1.29, 1.82) is 0 Å². The second-order valence-corrected chi connectivity index (χ2v) is 6.88. The van der Waals surface area contributed by atoms with Crippen molar-refractivity contribution in [1.82, 2.24) is 10.6 Å². The third-order valence-electron chi connectivity index (χ3n) is 4.54. The lowest BCUT2D eigenvalue weighted by Crippen LogP contribution is -2.39. The van der Waals surface area contributed by atoms with Crippen LogP contribution in [0.15, 0.2) is 24.3 Å². The molecule has 0 aromatic heterocycles. The van der Waals surface area contributed by atoms with Crippen LogP contribution in [-0.2, 0) is 4.79 Å². The van der Waals surface area contributed by atoms with Gasteiger partial charge >= 0.3 is 0 Å². The number of nitrogens with one attached hydrogen (secondary N) is 2. The van der Waals surface area contributed by atoms with Crippen molar-refractivity contribution in [3.8, 4) is 5.75 Å². The number of aryl methyl sites for hydroxylation is 1. The molecule has 3 atom stereocenters. The lowest BCUT2D eigenvalue weighted by Gasteiger charge is -2.28. The van der Waals surface area contributed by atoms with Crippen LogP contribution in [0, 0.1) is 18.8 Å². The number of hydrogen-bond donors (Lipinski definition) is 2. The molecule has 2 N–H and O–H groups in total. The molecule has 0 saturated carbocycles. The summed E-state index contributed by atoms with van der Waals surface area (Å²) in [5.41, 5.74) is 1.18. The molecule has 1 aromatic carbocycles. The first-order chi connectivity index (χ1) is 11.0. The van der Waals surface area contributed by atoms with Crippen LogP contribution in [0.25, 0.3) is 0 Å². The minimum atomic E-state index is 0.0136. The summed E-state index contributed by atoms with van der Waals surface area (Å²) in [4.78, 5) is 12.2. The standard InChI is InChI=1S/C19H30N2O2/c1-14-6-4-8-18(10-14)23-13-16(3)21-19(22)11-15(2)17-7-5-9-20-12-17/h4,6,8,10,15-17,20H,5,7,9,11-13H2,1-3H3,(H,21,22). The molecule has 1 heterocycles. The van der Waals surface area contributed by atoms with Crippen LogP contribution in [0.2, 0.25) is 0 Å². The second kappa shape index (κ2) is 8.92. The maximum absolute atomic E-state index is 12.2. The Bertz CT molecular complexity index is 498. The maximum atomic E-state index is 12.2. The third-order valence-corrected chi connectivity index (χ3v) is 4.54. The zero-order valence-electron chi connectivity index (χ0n) is 14.6. The normalized spacial score (nSPS) is 20.6. The van der Waals surface area contributed by atoms with Gasteiger partial charge < -0.3 is 15.4 Å². The van der Waals surface area contributed by atoms with Crippen molar-refractivity contribution in [2.75, 3.05) is 19.7 Å². The first kappa shape index (κ1) is 17.8. The van der Waals surface area contributed by atoms with E-state index < -0.39 is 0 Å². The van der Waals surface area contributed by atoms with E-state index >= 15 is 0 Å². The summed E-state index contributed by atoms with van der Waals surface area (Å²) in [6, 6.07) is 7.99. The van der Waals surface area contributed by atoms with Crippen molar-refractivity contribution in [3.63, 3.8) is 0 Å². The number of piperidine rings is 1. The molecule has 2 rings (SSSR count). The molecule has 1 aliphatic heterocycles. The molecule has 1 saturated heterocycles. The summed E-state index contributed by atoms with van der Waals surface area (Å²) < 4.78 is 5.75. The van der Waals surface area contributed by atoms with Crippen LogP contribution >= 0.6 is 0 Å². The van der Waals surface area contributed by atoms with Gasteiger partial charge in [-0.1, -0.05) is 19.1 Å². The quantitative estimate of drug-likeness (QED) is 0.813. The highest BCUT2D eigenvalue weighted by Crippen LogP contribution is 2.22. The molecular weight excluding hydrogens is 288 g/mol. The summed E-state index contributed by atoms with van der Waals surface area (Å²) >= 11 is 0. The van der Waals surface area contributed by atoms with Crippen molar-refractivity contribution in [2.45, 2.75) is 46.1 Å². The average Bonchev–Trinajstić information content (AvgIpc) is 2.53. The molecule has 1 fully saturated rings. The monoisotopic (exact) mass is 318 g/mol. The summed E-state index contributed by atoms with van der Waals surface area (Å²) in [6.07, 6.45) is 3.05. The van der Waals surface area contributed by atoms with Crippen molar-refractivity contribution < 1.29 is 9.53 Å². The number of amides is 1. The summed E-state index contributed by atoms with van der Waals surface area (Å²) in [7, 11) is 0. The molecular formula is C19H30N2O2. The van der Waals surface area contributed by atoms with E-state index in [1.807, 2.05) is 38.1 Å². The van der Waals surface area contributed by atoms with Crippen LogP contribution in [0.4, 0.5) is 0 Å². The van der Waals surface area contributed by atoms with Gasteiger partial charge in [0.2, 0.25) is 5.91 Å². The molecule has 1 aliphatic rings. The van der Waals surface area contributed by atoms with Crippen LogP contribution in [0.5, 0.6) is 5.75 Å². The van der Waals surface area contributed by atoms with Crippen molar-refractivity contribution in [2.24, 2.45) is 11.8 Å². The Morgan fingerprint density at radius 2 is 2.26 bits per heavy atom. The van der Waals surface area contributed by atoms with Gasteiger partial charge in [-0.25, -0.2) is 0 Å². The van der Waals surface area contributed by atoms with Gasteiger partial charge in [0.1, 0.15) is 12.4 Å². The van der Waals surface area contributed by atoms with Gasteiger partial charge in [-0.05, 0) is 69.3 Å². The van der Waals surface area contributed by atoms with Crippen molar-refractivity contribution >= 4 is 5.91 Å².